The van der Waals surface area contributed by atoms with Crippen molar-refractivity contribution in [2.45, 2.75) is 20.3 Å². The molecule has 7 heteroatoms. The Kier molecular flexibility index (Phi) is 8.49. The van der Waals surface area contributed by atoms with Gasteiger partial charge in [0.05, 0.1) is 16.1 Å². The molecule has 0 aliphatic rings. The van der Waals surface area contributed by atoms with Crippen LogP contribution in [0.5, 0.6) is 0 Å². The minimum absolute atomic E-state index is 0. The van der Waals surface area contributed by atoms with Gasteiger partial charge in [-0.05, 0) is 41.6 Å². The largest absolute Gasteiger partial charge is 0.302 e. The molecule has 4 rings (SSSR count). The lowest BCUT2D eigenvalue weighted by molar-refractivity contribution is -0.118. The van der Waals surface area contributed by atoms with E-state index in [2.05, 4.69) is 36.9 Å². The number of benzene rings is 3. The zero-order valence-corrected chi connectivity index (χ0v) is 20.6. The number of nitrogens with zero attached hydrogens (tertiary/aromatic N) is 3. The SMILES string of the molecule is CCN(CC)CCN(C(=O)Cc1cccc2ccccc12)c1nc2c(Cl)cccc2s1.Cl. The Balaban J connectivity index is 0.00000289. The predicted molar refractivity (Wildman–Crippen MR) is 140 cm³/mol. The zero-order valence-electron chi connectivity index (χ0n) is 18.3. The van der Waals surface area contributed by atoms with E-state index in [1.165, 1.54) is 11.3 Å². The van der Waals surface area contributed by atoms with Gasteiger partial charge in [0.1, 0.15) is 5.52 Å². The topological polar surface area (TPSA) is 36.4 Å². The number of amides is 1. The fourth-order valence-corrected chi connectivity index (χ4v) is 5.14. The quantitative estimate of drug-likeness (QED) is 0.286. The van der Waals surface area contributed by atoms with Crippen LogP contribution in [0, 0.1) is 0 Å². The molecule has 0 saturated heterocycles. The number of anilines is 1. The van der Waals surface area contributed by atoms with E-state index < -0.39 is 0 Å². The minimum Gasteiger partial charge on any atom is -0.302 e. The highest BCUT2D eigenvalue weighted by molar-refractivity contribution is 7.22. The fraction of sp³-hybridized carbons (Fsp3) is 0.280. The minimum atomic E-state index is 0. The third kappa shape index (κ3) is 5.24. The van der Waals surface area contributed by atoms with Crippen LogP contribution in [-0.4, -0.2) is 42.0 Å². The number of hydrogen-bond donors (Lipinski definition) is 0. The molecule has 0 aliphatic heterocycles. The molecule has 0 bridgehead atoms. The van der Waals surface area contributed by atoms with Gasteiger partial charge in [0.15, 0.2) is 5.13 Å². The Labute approximate surface area is 204 Å². The van der Waals surface area contributed by atoms with Crippen LogP contribution < -0.4 is 4.90 Å². The Morgan fingerprint density at radius 3 is 2.44 bits per heavy atom. The number of hydrogen-bond acceptors (Lipinski definition) is 4. The lowest BCUT2D eigenvalue weighted by atomic mass is 10.0. The summed E-state index contributed by atoms with van der Waals surface area (Å²) >= 11 is 7.87. The maximum atomic E-state index is 13.5. The monoisotopic (exact) mass is 487 g/mol. The molecule has 32 heavy (non-hydrogen) atoms. The van der Waals surface area contributed by atoms with Crippen molar-refractivity contribution in [3.63, 3.8) is 0 Å². The van der Waals surface area contributed by atoms with Crippen LogP contribution in [-0.2, 0) is 11.2 Å². The summed E-state index contributed by atoms with van der Waals surface area (Å²) in [5.74, 6) is 0.0543. The summed E-state index contributed by atoms with van der Waals surface area (Å²) < 4.78 is 0.994. The summed E-state index contributed by atoms with van der Waals surface area (Å²) in [5.41, 5.74) is 1.80. The van der Waals surface area contributed by atoms with Crippen molar-refractivity contribution in [2.24, 2.45) is 0 Å². The molecule has 1 heterocycles. The number of carbonyl (C=O) groups excluding carboxylic acids is 1. The highest BCUT2D eigenvalue weighted by atomic mass is 35.5. The van der Waals surface area contributed by atoms with Gasteiger partial charge >= 0.3 is 0 Å². The number of carbonyl (C=O) groups is 1. The van der Waals surface area contributed by atoms with E-state index in [1.807, 2.05) is 47.4 Å². The molecule has 0 N–H and O–H groups in total. The molecule has 1 aromatic heterocycles. The van der Waals surface area contributed by atoms with Gasteiger partial charge in [-0.25, -0.2) is 4.98 Å². The van der Waals surface area contributed by atoms with Crippen molar-refractivity contribution in [1.82, 2.24) is 9.88 Å². The van der Waals surface area contributed by atoms with Crippen LogP contribution in [0.25, 0.3) is 21.0 Å². The maximum absolute atomic E-state index is 13.5. The van der Waals surface area contributed by atoms with Crippen molar-refractivity contribution >= 4 is 67.4 Å². The Morgan fingerprint density at radius 1 is 0.969 bits per heavy atom. The molecule has 0 spiro atoms. The Bertz CT molecular complexity index is 1200. The van der Waals surface area contributed by atoms with E-state index in [1.54, 1.807) is 0 Å². The normalized spacial score (nSPS) is 11.1. The van der Waals surface area contributed by atoms with E-state index in [-0.39, 0.29) is 18.3 Å². The van der Waals surface area contributed by atoms with Crippen LogP contribution in [0.1, 0.15) is 19.4 Å². The second-order valence-electron chi connectivity index (χ2n) is 7.47. The second-order valence-corrected chi connectivity index (χ2v) is 8.89. The first-order valence-electron chi connectivity index (χ1n) is 10.6. The first kappa shape index (κ1) is 24.5. The number of fused-ring (bicyclic) bond motifs is 2. The highest BCUT2D eigenvalue weighted by Gasteiger charge is 2.22. The number of para-hydroxylation sites is 1. The standard InChI is InChI=1S/C25H26ClN3OS.ClH/c1-3-28(4-2)15-16-29(25-27-24-21(26)13-8-14-22(24)31-25)23(30)17-19-11-7-10-18-9-5-6-12-20(18)19;/h5-14H,3-4,15-17H2,1-2H3;1H. The number of aromatic nitrogens is 1. The van der Waals surface area contributed by atoms with E-state index in [4.69, 9.17) is 16.6 Å². The van der Waals surface area contributed by atoms with Gasteiger partial charge in [-0.1, -0.05) is 85.3 Å². The number of likely N-dealkylation sites (N-methyl/N-ethyl adjacent to an activating group) is 1. The van der Waals surface area contributed by atoms with Crippen molar-refractivity contribution in [3.05, 3.63) is 71.2 Å². The third-order valence-corrected chi connectivity index (χ3v) is 6.99. The fourth-order valence-electron chi connectivity index (χ4n) is 3.83. The van der Waals surface area contributed by atoms with Crippen LogP contribution in [0.3, 0.4) is 0 Å². The molecular weight excluding hydrogens is 461 g/mol. The molecule has 0 saturated carbocycles. The number of thiazole rings is 1. The molecular formula is C25H27Cl2N3OS. The Morgan fingerprint density at radius 2 is 1.69 bits per heavy atom. The van der Waals surface area contributed by atoms with Crippen molar-refractivity contribution in [2.75, 3.05) is 31.1 Å². The van der Waals surface area contributed by atoms with E-state index in [0.717, 1.165) is 46.2 Å². The second kappa shape index (κ2) is 11.1. The van der Waals surface area contributed by atoms with Crippen LogP contribution in [0.2, 0.25) is 5.02 Å². The van der Waals surface area contributed by atoms with Gasteiger partial charge in [0.25, 0.3) is 0 Å². The van der Waals surface area contributed by atoms with E-state index in [9.17, 15) is 4.79 Å². The van der Waals surface area contributed by atoms with Crippen LogP contribution >= 0.6 is 35.3 Å². The third-order valence-electron chi connectivity index (χ3n) is 5.65. The molecule has 1 amide bonds. The van der Waals surface area contributed by atoms with Gasteiger partial charge in [-0.2, -0.15) is 0 Å². The van der Waals surface area contributed by atoms with Crippen molar-refractivity contribution < 1.29 is 4.79 Å². The molecule has 3 aromatic carbocycles. The molecule has 168 valence electrons. The first-order chi connectivity index (χ1) is 15.1. The highest BCUT2D eigenvalue weighted by Crippen LogP contribution is 2.33. The van der Waals surface area contributed by atoms with Gasteiger partial charge in [-0.3, -0.25) is 9.69 Å². The molecule has 0 unspecified atom stereocenters. The molecule has 0 radical (unpaired) electrons. The van der Waals surface area contributed by atoms with E-state index in [0.29, 0.717) is 23.1 Å². The number of halogens is 2. The summed E-state index contributed by atoms with van der Waals surface area (Å²) in [4.78, 5) is 22.4. The van der Waals surface area contributed by atoms with Gasteiger partial charge in [0.2, 0.25) is 5.91 Å². The smallest absolute Gasteiger partial charge is 0.233 e. The van der Waals surface area contributed by atoms with Crippen LogP contribution in [0.4, 0.5) is 5.13 Å². The lowest BCUT2D eigenvalue weighted by Gasteiger charge is -2.25. The van der Waals surface area contributed by atoms with Gasteiger partial charge in [-0.15, -0.1) is 12.4 Å². The van der Waals surface area contributed by atoms with Crippen LogP contribution in [0.15, 0.2) is 60.7 Å². The molecule has 0 aliphatic carbocycles. The molecule has 4 aromatic rings. The zero-order chi connectivity index (χ0) is 21.8. The van der Waals surface area contributed by atoms with Crippen molar-refractivity contribution in [3.8, 4) is 0 Å². The molecule has 0 fully saturated rings. The average molecular weight is 488 g/mol. The van der Waals surface area contributed by atoms with E-state index >= 15 is 0 Å². The first-order valence-corrected chi connectivity index (χ1v) is 11.8. The summed E-state index contributed by atoms with van der Waals surface area (Å²) in [6.07, 6.45) is 0.337. The average Bonchev–Trinajstić information content (AvgIpc) is 3.22. The van der Waals surface area contributed by atoms with Gasteiger partial charge < -0.3 is 4.90 Å². The predicted octanol–water partition coefficient (Wildman–Crippen LogP) is 6.44. The maximum Gasteiger partial charge on any atom is 0.233 e. The summed E-state index contributed by atoms with van der Waals surface area (Å²) in [5, 5.41) is 3.59. The van der Waals surface area contributed by atoms with Gasteiger partial charge in [0, 0.05) is 13.1 Å². The summed E-state index contributed by atoms with van der Waals surface area (Å²) in [7, 11) is 0. The number of rotatable bonds is 8. The Hall–Kier alpha value is -2.18. The summed E-state index contributed by atoms with van der Waals surface area (Å²) in [6.45, 7) is 7.59. The van der Waals surface area contributed by atoms with Crippen molar-refractivity contribution in [1.29, 1.82) is 0 Å². The lowest BCUT2D eigenvalue weighted by Crippen LogP contribution is -2.39. The summed E-state index contributed by atoms with van der Waals surface area (Å²) in [6, 6.07) is 20.1. The molecule has 4 nitrogen and oxygen atoms in total. The molecule has 0 atom stereocenters.